The largest absolute Gasteiger partial charge is 0.462 e. The molecule has 1 aromatic rings. The quantitative estimate of drug-likeness (QED) is 0.362. The number of nitro benzene ring substituents is 1. The summed E-state index contributed by atoms with van der Waals surface area (Å²) < 4.78 is 4.92. The minimum Gasteiger partial charge on any atom is -0.462 e. The van der Waals surface area contributed by atoms with E-state index < -0.39 is 10.9 Å². The van der Waals surface area contributed by atoms with Gasteiger partial charge in [0.1, 0.15) is 0 Å². The topological polar surface area (TPSA) is 89.8 Å². The van der Waals surface area contributed by atoms with E-state index in [0.717, 1.165) is 31.7 Å². The van der Waals surface area contributed by atoms with Gasteiger partial charge in [0.25, 0.3) is 11.6 Å². The minimum atomic E-state index is -0.671. The Kier molecular flexibility index (Phi) is 4.57. The van der Waals surface area contributed by atoms with Gasteiger partial charge in [0.05, 0.1) is 22.6 Å². The highest BCUT2D eigenvalue weighted by molar-refractivity contribution is 5.99. The number of benzene rings is 1. The van der Waals surface area contributed by atoms with E-state index in [1.807, 2.05) is 6.08 Å². The lowest BCUT2D eigenvalue weighted by Crippen LogP contribution is -2.45. The summed E-state index contributed by atoms with van der Waals surface area (Å²) in [6.45, 7) is 2.29. The van der Waals surface area contributed by atoms with Gasteiger partial charge in [-0.25, -0.2) is 4.79 Å². The fourth-order valence-electron chi connectivity index (χ4n) is 3.69. The zero-order valence-electron chi connectivity index (χ0n) is 14.1. The van der Waals surface area contributed by atoms with Crippen molar-refractivity contribution in [1.29, 1.82) is 0 Å². The maximum atomic E-state index is 13.0. The number of hydrogen-bond donors (Lipinski definition) is 0. The summed E-state index contributed by atoms with van der Waals surface area (Å²) in [6.07, 6.45) is 7.94. The van der Waals surface area contributed by atoms with Crippen molar-refractivity contribution in [2.75, 3.05) is 13.2 Å². The molecular weight excluding hydrogens is 324 g/mol. The Bertz CT molecular complexity index is 750. The molecule has 132 valence electrons. The molecule has 7 nitrogen and oxygen atoms in total. The van der Waals surface area contributed by atoms with Crippen LogP contribution in [-0.4, -0.2) is 40.4 Å². The lowest BCUT2D eigenvalue weighted by atomic mass is 9.96. The van der Waals surface area contributed by atoms with Crippen LogP contribution in [0.25, 0.3) is 0 Å². The first-order chi connectivity index (χ1) is 12.0. The van der Waals surface area contributed by atoms with Crippen molar-refractivity contribution in [3.8, 4) is 0 Å². The third kappa shape index (κ3) is 3.14. The van der Waals surface area contributed by atoms with Crippen molar-refractivity contribution < 1.29 is 19.2 Å². The van der Waals surface area contributed by atoms with E-state index >= 15 is 0 Å². The predicted octanol–water partition coefficient (Wildman–Crippen LogP) is 3.10. The molecule has 0 bridgehead atoms. The van der Waals surface area contributed by atoms with Crippen molar-refractivity contribution in [3.05, 3.63) is 51.6 Å². The molecule has 0 aromatic heterocycles. The normalized spacial score (nSPS) is 17.9. The molecule has 0 atom stereocenters. The molecule has 1 spiro atoms. The summed E-state index contributed by atoms with van der Waals surface area (Å²) in [7, 11) is 0. The number of amides is 1. The molecule has 3 rings (SSSR count). The molecule has 1 aliphatic heterocycles. The zero-order chi connectivity index (χ0) is 18.0. The second-order valence-electron chi connectivity index (χ2n) is 6.37. The molecule has 1 fully saturated rings. The molecule has 1 aromatic carbocycles. The number of carbonyl (C=O) groups excluding carboxylic acids is 2. The van der Waals surface area contributed by atoms with E-state index in [-0.39, 0.29) is 34.9 Å². The van der Waals surface area contributed by atoms with Gasteiger partial charge in [0, 0.05) is 24.2 Å². The second-order valence-corrected chi connectivity index (χ2v) is 6.37. The summed E-state index contributed by atoms with van der Waals surface area (Å²) in [5.74, 6) is -0.962. The van der Waals surface area contributed by atoms with Crippen molar-refractivity contribution in [1.82, 2.24) is 4.90 Å². The van der Waals surface area contributed by atoms with E-state index in [4.69, 9.17) is 4.74 Å². The van der Waals surface area contributed by atoms with Crippen molar-refractivity contribution in [2.24, 2.45) is 0 Å². The van der Waals surface area contributed by atoms with Crippen LogP contribution in [0, 0.1) is 10.1 Å². The van der Waals surface area contributed by atoms with Crippen LogP contribution in [0.2, 0.25) is 0 Å². The lowest BCUT2D eigenvalue weighted by Gasteiger charge is -2.34. The predicted molar refractivity (Wildman–Crippen MR) is 90.4 cm³/mol. The van der Waals surface area contributed by atoms with Crippen LogP contribution in [0.3, 0.4) is 0 Å². The Balaban J connectivity index is 1.96. The number of nitrogens with zero attached hydrogens (tertiary/aromatic N) is 2. The fraction of sp³-hybridized carbons (Fsp3) is 0.444. The minimum absolute atomic E-state index is 0.0204. The fourth-order valence-corrected chi connectivity index (χ4v) is 3.69. The van der Waals surface area contributed by atoms with Crippen molar-refractivity contribution >= 4 is 17.6 Å². The molecule has 0 radical (unpaired) electrons. The molecule has 1 amide bonds. The van der Waals surface area contributed by atoms with Crippen LogP contribution in [0.4, 0.5) is 5.69 Å². The summed E-state index contributed by atoms with van der Waals surface area (Å²) in [6, 6.07) is 3.75. The SMILES string of the molecule is CCOC(=O)c1cc(C(=O)N2CC=CC23CCCC3)cc([N+](=O)[O-])c1. The molecule has 2 aliphatic rings. The third-order valence-electron chi connectivity index (χ3n) is 4.85. The number of non-ortho nitro benzene ring substituents is 1. The Morgan fingerprint density at radius 2 is 1.92 bits per heavy atom. The summed E-state index contributed by atoms with van der Waals surface area (Å²) >= 11 is 0. The Morgan fingerprint density at radius 1 is 1.24 bits per heavy atom. The number of ether oxygens (including phenoxy) is 1. The van der Waals surface area contributed by atoms with Gasteiger partial charge in [0.15, 0.2) is 0 Å². The smallest absolute Gasteiger partial charge is 0.338 e. The Morgan fingerprint density at radius 3 is 2.56 bits per heavy atom. The van der Waals surface area contributed by atoms with Crippen LogP contribution in [0.15, 0.2) is 30.4 Å². The molecule has 7 heteroatoms. The maximum absolute atomic E-state index is 13.0. The van der Waals surface area contributed by atoms with Crippen molar-refractivity contribution in [3.63, 3.8) is 0 Å². The van der Waals surface area contributed by atoms with Gasteiger partial charge in [-0.15, -0.1) is 0 Å². The van der Waals surface area contributed by atoms with E-state index in [2.05, 4.69) is 6.08 Å². The third-order valence-corrected chi connectivity index (χ3v) is 4.85. The monoisotopic (exact) mass is 344 g/mol. The average molecular weight is 344 g/mol. The van der Waals surface area contributed by atoms with Gasteiger partial charge in [-0.3, -0.25) is 14.9 Å². The molecule has 0 saturated heterocycles. The van der Waals surface area contributed by atoms with Crippen molar-refractivity contribution in [2.45, 2.75) is 38.1 Å². The molecule has 25 heavy (non-hydrogen) atoms. The molecular formula is C18H20N2O5. The average Bonchev–Trinajstić information content (AvgIpc) is 3.24. The number of hydrogen-bond acceptors (Lipinski definition) is 5. The molecule has 1 heterocycles. The Hall–Kier alpha value is -2.70. The molecule has 0 unspecified atom stereocenters. The van der Waals surface area contributed by atoms with E-state index in [1.54, 1.807) is 11.8 Å². The van der Waals surface area contributed by atoms with Gasteiger partial charge >= 0.3 is 5.97 Å². The number of esters is 1. The van der Waals surface area contributed by atoms with Gasteiger partial charge < -0.3 is 9.64 Å². The summed E-state index contributed by atoms with van der Waals surface area (Å²) in [5.41, 5.74) is -0.410. The van der Waals surface area contributed by atoms with Gasteiger partial charge in [-0.2, -0.15) is 0 Å². The number of rotatable bonds is 4. The first-order valence-corrected chi connectivity index (χ1v) is 8.43. The highest BCUT2D eigenvalue weighted by Gasteiger charge is 2.42. The van der Waals surface area contributed by atoms with Gasteiger partial charge in [0.2, 0.25) is 0 Å². The van der Waals surface area contributed by atoms with Crippen LogP contribution >= 0.6 is 0 Å². The number of nitro groups is 1. The van der Waals surface area contributed by atoms with E-state index in [1.165, 1.54) is 12.1 Å². The lowest BCUT2D eigenvalue weighted by molar-refractivity contribution is -0.384. The summed E-state index contributed by atoms with van der Waals surface area (Å²) in [5, 5.41) is 11.2. The van der Waals surface area contributed by atoms with Crippen LogP contribution in [0.1, 0.15) is 53.3 Å². The summed E-state index contributed by atoms with van der Waals surface area (Å²) in [4.78, 5) is 37.4. The highest BCUT2D eigenvalue weighted by Crippen LogP contribution is 2.40. The van der Waals surface area contributed by atoms with E-state index in [0.29, 0.717) is 6.54 Å². The van der Waals surface area contributed by atoms with Crippen LogP contribution in [-0.2, 0) is 4.74 Å². The molecule has 1 aliphatic carbocycles. The van der Waals surface area contributed by atoms with Crippen LogP contribution < -0.4 is 0 Å². The molecule has 0 N–H and O–H groups in total. The zero-order valence-corrected chi connectivity index (χ0v) is 14.1. The number of carbonyl (C=O) groups is 2. The van der Waals surface area contributed by atoms with Gasteiger partial charge in [-0.05, 0) is 25.8 Å². The molecule has 1 saturated carbocycles. The van der Waals surface area contributed by atoms with Crippen LogP contribution in [0.5, 0.6) is 0 Å². The Labute approximate surface area is 145 Å². The maximum Gasteiger partial charge on any atom is 0.338 e. The van der Waals surface area contributed by atoms with E-state index in [9.17, 15) is 19.7 Å². The highest BCUT2D eigenvalue weighted by atomic mass is 16.6. The first-order valence-electron chi connectivity index (χ1n) is 8.43. The first kappa shape index (κ1) is 17.1. The van der Waals surface area contributed by atoms with Gasteiger partial charge in [-0.1, -0.05) is 25.0 Å². The second kappa shape index (κ2) is 6.66. The standard InChI is InChI=1S/C18H20N2O5/c1-2-25-17(22)14-10-13(11-15(12-14)20(23)24)16(21)19-9-5-8-18(19)6-3-4-7-18/h5,8,10-12H,2-4,6-7,9H2,1H3.